The number of alkyl halides is 1. The maximum Gasteiger partial charge on any atom is 0.338 e. The summed E-state index contributed by atoms with van der Waals surface area (Å²) in [7, 11) is -2.09. The molecule has 11 heteroatoms. The number of imidazole rings is 1. The minimum absolute atomic E-state index is 0.00179. The van der Waals surface area contributed by atoms with Crippen LogP contribution in [0.25, 0.3) is 11.2 Å². The van der Waals surface area contributed by atoms with Crippen molar-refractivity contribution in [2.75, 3.05) is 25.6 Å². The van der Waals surface area contributed by atoms with Crippen LogP contribution in [0.4, 0.5) is 10.2 Å². The Bertz CT molecular complexity index is 1200. The Labute approximate surface area is 204 Å². The molecule has 2 aromatic heterocycles. The van der Waals surface area contributed by atoms with Gasteiger partial charge >= 0.3 is 5.97 Å². The molecule has 0 saturated carbocycles. The van der Waals surface area contributed by atoms with Crippen LogP contribution >= 0.6 is 0 Å². The number of carbonyl (C=O) groups excluding carboxylic acids is 1. The lowest BCUT2D eigenvalue weighted by Crippen LogP contribution is -2.66. The molecule has 0 radical (unpaired) electrons. The maximum atomic E-state index is 14.8. The fourth-order valence-corrected chi connectivity index (χ4v) is 4.94. The van der Waals surface area contributed by atoms with Crippen molar-refractivity contribution in [3.05, 3.63) is 48.5 Å². The molecular weight excluding hydrogens is 469 g/mol. The second-order valence-corrected chi connectivity index (χ2v) is 15.1. The van der Waals surface area contributed by atoms with E-state index in [0.717, 1.165) is 0 Å². The molecule has 2 N–H and O–H groups in total. The highest BCUT2D eigenvalue weighted by molar-refractivity contribution is 6.74. The van der Waals surface area contributed by atoms with Crippen molar-refractivity contribution in [3.63, 3.8) is 0 Å². The van der Waals surface area contributed by atoms with E-state index in [1.54, 1.807) is 24.3 Å². The zero-order valence-electron chi connectivity index (χ0n) is 20.7. The molecule has 0 bridgehead atoms. The third-order valence-electron chi connectivity index (χ3n) is 7.16. The first kappa shape index (κ1) is 25.2. The second kappa shape index (κ2) is 9.28. The van der Waals surface area contributed by atoms with Crippen LogP contribution in [0.15, 0.2) is 43.0 Å². The second-order valence-electron chi connectivity index (χ2n) is 10.3. The topological polar surface area (TPSA) is 114 Å². The summed E-state index contributed by atoms with van der Waals surface area (Å²) >= 11 is 0. The van der Waals surface area contributed by atoms with Gasteiger partial charge in [0, 0.05) is 0 Å². The van der Waals surface area contributed by atoms with Gasteiger partial charge in [-0.3, -0.25) is 4.57 Å². The number of hydrogen-bond acceptors (Lipinski definition) is 8. The average Bonchev–Trinajstić information content (AvgIpc) is 3.24. The first-order valence-corrected chi connectivity index (χ1v) is 14.4. The molecule has 0 spiro atoms. The van der Waals surface area contributed by atoms with E-state index >= 15 is 0 Å². The van der Waals surface area contributed by atoms with Gasteiger partial charge in [0.05, 0.1) is 30.5 Å². The minimum Gasteiger partial charge on any atom is -0.461 e. The standard InChI is InChI=1S/C24H32FN5O4Si/c1-23(2,3)35(4,5)33-12-18-17(11-32-22(31)16-9-7-6-8-10-16)24(13-25,34-18)30-15-29-19-20(26)27-14-28-21(19)30/h6-10,14-15,17-18H,11-13H2,1-5H3,(H2,26,27,28)/t17-,18-,24?/m1/s1. The summed E-state index contributed by atoms with van der Waals surface area (Å²) in [4.78, 5) is 25.1. The zero-order chi connectivity index (χ0) is 25.4. The zero-order valence-corrected chi connectivity index (χ0v) is 21.7. The van der Waals surface area contributed by atoms with Crippen LogP contribution in [0, 0.1) is 5.92 Å². The fourth-order valence-electron chi connectivity index (χ4n) is 3.93. The Morgan fingerprint density at radius 1 is 1.20 bits per heavy atom. The van der Waals surface area contributed by atoms with Crippen LogP contribution in [0.3, 0.4) is 0 Å². The van der Waals surface area contributed by atoms with E-state index in [1.165, 1.54) is 17.2 Å². The van der Waals surface area contributed by atoms with Crippen molar-refractivity contribution in [1.82, 2.24) is 19.5 Å². The van der Waals surface area contributed by atoms with Crippen LogP contribution in [0.2, 0.25) is 18.1 Å². The van der Waals surface area contributed by atoms with Gasteiger partial charge in [0.15, 0.2) is 25.5 Å². The maximum absolute atomic E-state index is 14.8. The molecule has 9 nitrogen and oxygen atoms in total. The van der Waals surface area contributed by atoms with Crippen molar-refractivity contribution in [2.24, 2.45) is 5.92 Å². The van der Waals surface area contributed by atoms with Gasteiger partial charge in [-0.1, -0.05) is 39.0 Å². The minimum atomic E-state index is -2.09. The number of nitrogens with two attached hydrogens (primary N) is 1. The van der Waals surface area contributed by atoms with Crippen LogP contribution in [0.5, 0.6) is 0 Å². The van der Waals surface area contributed by atoms with Gasteiger partial charge in [0.2, 0.25) is 0 Å². The van der Waals surface area contributed by atoms with E-state index in [0.29, 0.717) is 16.7 Å². The van der Waals surface area contributed by atoms with Crippen molar-refractivity contribution in [2.45, 2.75) is 50.7 Å². The molecule has 3 atom stereocenters. The fraction of sp³-hybridized carbons (Fsp3) is 0.500. The van der Waals surface area contributed by atoms with Crippen molar-refractivity contribution < 1.29 is 23.1 Å². The van der Waals surface area contributed by atoms with E-state index in [9.17, 15) is 9.18 Å². The molecule has 1 aromatic carbocycles. The Morgan fingerprint density at radius 3 is 2.57 bits per heavy atom. The molecule has 188 valence electrons. The number of fused-ring (bicyclic) bond motifs is 1. The summed E-state index contributed by atoms with van der Waals surface area (Å²) in [6, 6.07) is 8.67. The molecule has 1 aliphatic heterocycles. The number of aromatic nitrogens is 4. The SMILES string of the molecule is CC(C)(C)[Si](C)(C)OC[C@H]1OC(CF)(n2cnc3c(N)ncnc32)[C@@H]1COC(=O)c1ccccc1. The number of ether oxygens (including phenoxy) is 2. The number of rotatable bonds is 8. The predicted octanol–water partition coefficient (Wildman–Crippen LogP) is 3.92. The molecule has 0 amide bonds. The first-order valence-electron chi connectivity index (χ1n) is 11.5. The van der Waals surface area contributed by atoms with Crippen molar-refractivity contribution in [3.8, 4) is 0 Å². The Hall–Kier alpha value is -2.89. The van der Waals surface area contributed by atoms with Crippen LogP contribution in [-0.4, -0.2) is 59.8 Å². The number of halogens is 1. The van der Waals surface area contributed by atoms with E-state index in [1.807, 2.05) is 6.07 Å². The van der Waals surface area contributed by atoms with Gasteiger partial charge in [-0.15, -0.1) is 0 Å². The molecule has 1 fully saturated rings. The quantitative estimate of drug-likeness (QED) is 0.365. The van der Waals surface area contributed by atoms with Crippen molar-refractivity contribution in [1.29, 1.82) is 0 Å². The van der Waals surface area contributed by atoms with E-state index in [4.69, 9.17) is 19.6 Å². The molecule has 3 aromatic rings. The summed E-state index contributed by atoms with van der Waals surface area (Å²) < 4.78 is 34.5. The van der Waals surface area contributed by atoms with Gasteiger partial charge in [-0.25, -0.2) is 24.1 Å². The highest BCUT2D eigenvalue weighted by Gasteiger charge is 2.59. The van der Waals surface area contributed by atoms with Crippen LogP contribution in [-0.2, 0) is 19.6 Å². The summed E-state index contributed by atoms with van der Waals surface area (Å²) in [5.41, 5.74) is 5.58. The highest BCUT2D eigenvalue weighted by atomic mass is 28.4. The number of anilines is 1. The van der Waals surface area contributed by atoms with Gasteiger partial charge in [0.1, 0.15) is 25.1 Å². The van der Waals surface area contributed by atoms with Gasteiger partial charge in [-0.2, -0.15) is 0 Å². The number of carbonyl (C=O) groups is 1. The van der Waals surface area contributed by atoms with Gasteiger partial charge < -0.3 is 19.6 Å². The molecule has 1 aliphatic rings. The van der Waals surface area contributed by atoms with Gasteiger partial charge in [0.25, 0.3) is 0 Å². The first-order chi connectivity index (χ1) is 16.5. The number of benzene rings is 1. The average molecular weight is 502 g/mol. The normalized spacial score (nSPS) is 22.7. The summed E-state index contributed by atoms with van der Waals surface area (Å²) in [5, 5.41) is -0.00179. The summed E-state index contributed by atoms with van der Waals surface area (Å²) in [6.45, 7) is 10.0. The molecule has 1 saturated heterocycles. The third kappa shape index (κ3) is 4.55. The third-order valence-corrected chi connectivity index (χ3v) is 11.7. The molecule has 3 heterocycles. The monoisotopic (exact) mass is 501 g/mol. The lowest BCUT2D eigenvalue weighted by Gasteiger charge is -2.54. The molecule has 1 unspecified atom stereocenters. The molecular formula is C24H32FN5O4Si. The number of esters is 1. The number of hydrogen-bond donors (Lipinski definition) is 1. The van der Waals surface area contributed by atoms with Crippen molar-refractivity contribution >= 4 is 31.3 Å². The number of nitrogens with zero attached hydrogens (tertiary/aromatic N) is 4. The Morgan fingerprint density at radius 2 is 1.91 bits per heavy atom. The Kier molecular flexibility index (Phi) is 6.69. The molecule has 0 aliphatic carbocycles. The van der Waals surface area contributed by atoms with Crippen LogP contribution < -0.4 is 5.73 Å². The lowest BCUT2D eigenvalue weighted by molar-refractivity contribution is -0.326. The predicted molar refractivity (Wildman–Crippen MR) is 132 cm³/mol. The summed E-state index contributed by atoms with van der Waals surface area (Å²) in [6.07, 6.45) is 2.25. The Balaban J connectivity index is 1.62. The number of nitrogen functional groups attached to an aromatic ring is 1. The van der Waals surface area contributed by atoms with E-state index in [2.05, 4.69) is 48.8 Å². The smallest absolute Gasteiger partial charge is 0.338 e. The van der Waals surface area contributed by atoms with E-state index < -0.39 is 38.7 Å². The van der Waals surface area contributed by atoms with E-state index in [-0.39, 0.29) is 24.1 Å². The molecule has 4 rings (SSSR count). The van der Waals surface area contributed by atoms with Crippen LogP contribution in [0.1, 0.15) is 31.1 Å². The summed E-state index contributed by atoms with van der Waals surface area (Å²) in [5.74, 6) is -0.846. The highest BCUT2D eigenvalue weighted by Crippen LogP contribution is 2.47. The molecule has 35 heavy (non-hydrogen) atoms. The van der Waals surface area contributed by atoms with Gasteiger partial charge in [-0.05, 0) is 30.3 Å². The largest absolute Gasteiger partial charge is 0.461 e. The lowest BCUT2D eigenvalue weighted by atomic mass is 9.84.